The molecule has 110 valence electrons. The van der Waals surface area contributed by atoms with Crippen molar-refractivity contribution in [3.63, 3.8) is 0 Å². The highest BCUT2D eigenvalue weighted by atomic mass is 19.1. The lowest BCUT2D eigenvalue weighted by molar-refractivity contribution is -0.119. The van der Waals surface area contributed by atoms with Gasteiger partial charge in [0, 0.05) is 18.8 Å². The standard InChI is InChI=1S/C15H21FN2O2/c16-12-4-3-5-13(10-12)18-11-15(19)17-8-7-14-6-1-2-9-20-14/h3-5,10,14,18H,1-2,6-9,11H2,(H,17,19)/t14-/m1/s1. The molecule has 0 saturated carbocycles. The van der Waals surface area contributed by atoms with E-state index in [1.54, 1.807) is 12.1 Å². The number of anilines is 1. The zero-order valence-corrected chi connectivity index (χ0v) is 11.5. The molecule has 0 aliphatic carbocycles. The summed E-state index contributed by atoms with van der Waals surface area (Å²) in [6.07, 6.45) is 4.56. The number of hydrogen-bond donors (Lipinski definition) is 2. The van der Waals surface area contributed by atoms with Crippen LogP contribution in [0.5, 0.6) is 0 Å². The zero-order chi connectivity index (χ0) is 14.2. The highest BCUT2D eigenvalue weighted by Crippen LogP contribution is 2.14. The minimum atomic E-state index is -0.315. The first kappa shape index (κ1) is 14.8. The third kappa shape index (κ3) is 5.17. The molecule has 5 heteroatoms. The number of amides is 1. The van der Waals surface area contributed by atoms with Gasteiger partial charge in [0.2, 0.25) is 5.91 Å². The third-order valence-electron chi connectivity index (χ3n) is 3.34. The molecule has 0 aromatic heterocycles. The Morgan fingerprint density at radius 2 is 2.30 bits per heavy atom. The molecule has 1 fully saturated rings. The number of hydrogen-bond acceptors (Lipinski definition) is 3. The number of halogens is 1. The Kier molecular flexibility index (Phi) is 5.80. The predicted molar refractivity (Wildman–Crippen MR) is 76.1 cm³/mol. The fourth-order valence-corrected chi connectivity index (χ4v) is 2.25. The van der Waals surface area contributed by atoms with Gasteiger partial charge in [-0.15, -0.1) is 0 Å². The van der Waals surface area contributed by atoms with Crippen LogP contribution >= 0.6 is 0 Å². The quantitative estimate of drug-likeness (QED) is 0.840. The van der Waals surface area contributed by atoms with Crippen LogP contribution in [0.4, 0.5) is 10.1 Å². The summed E-state index contributed by atoms with van der Waals surface area (Å²) in [5.74, 6) is -0.407. The summed E-state index contributed by atoms with van der Waals surface area (Å²) in [4.78, 5) is 11.6. The van der Waals surface area contributed by atoms with Gasteiger partial charge in [-0.25, -0.2) is 4.39 Å². The van der Waals surface area contributed by atoms with Gasteiger partial charge >= 0.3 is 0 Å². The topological polar surface area (TPSA) is 50.4 Å². The number of benzene rings is 1. The molecule has 1 atom stereocenters. The average molecular weight is 280 g/mol. The first-order valence-corrected chi connectivity index (χ1v) is 7.12. The van der Waals surface area contributed by atoms with Crippen LogP contribution in [-0.2, 0) is 9.53 Å². The molecular formula is C15H21FN2O2. The summed E-state index contributed by atoms with van der Waals surface area (Å²) in [5, 5.41) is 5.73. The smallest absolute Gasteiger partial charge is 0.239 e. The van der Waals surface area contributed by atoms with E-state index in [-0.39, 0.29) is 24.4 Å². The van der Waals surface area contributed by atoms with Crippen LogP contribution in [0.2, 0.25) is 0 Å². The SMILES string of the molecule is O=C(CNc1cccc(F)c1)NCC[C@H]1CCCCO1. The van der Waals surface area contributed by atoms with E-state index < -0.39 is 0 Å². The van der Waals surface area contributed by atoms with Crippen molar-refractivity contribution in [2.45, 2.75) is 31.8 Å². The van der Waals surface area contributed by atoms with Crippen LogP contribution in [0.15, 0.2) is 24.3 Å². The van der Waals surface area contributed by atoms with E-state index in [4.69, 9.17) is 4.74 Å². The molecule has 1 aromatic rings. The first-order chi connectivity index (χ1) is 9.74. The molecule has 1 aliphatic rings. The van der Waals surface area contributed by atoms with E-state index in [9.17, 15) is 9.18 Å². The molecule has 0 radical (unpaired) electrons. The van der Waals surface area contributed by atoms with E-state index in [1.807, 2.05) is 0 Å². The fourth-order valence-electron chi connectivity index (χ4n) is 2.25. The van der Waals surface area contributed by atoms with Gasteiger partial charge in [-0.3, -0.25) is 4.79 Å². The largest absolute Gasteiger partial charge is 0.378 e. The van der Waals surface area contributed by atoms with E-state index >= 15 is 0 Å². The van der Waals surface area contributed by atoms with Gasteiger partial charge in [-0.05, 0) is 43.9 Å². The van der Waals surface area contributed by atoms with E-state index in [1.165, 1.54) is 18.6 Å². The maximum Gasteiger partial charge on any atom is 0.239 e. The van der Waals surface area contributed by atoms with Gasteiger partial charge in [0.05, 0.1) is 12.6 Å². The summed E-state index contributed by atoms with van der Waals surface area (Å²) in [5.41, 5.74) is 0.607. The fraction of sp³-hybridized carbons (Fsp3) is 0.533. The lowest BCUT2D eigenvalue weighted by Gasteiger charge is -2.22. The molecule has 4 nitrogen and oxygen atoms in total. The zero-order valence-electron chi connectivity index (χ0n) is 11.5. The van der Waals surface area contributed by atoms with E-state index in [0.717, 1.165) is 25.9 Å². The second-order valence-electron chi connectivity index (χ2n) is 4.99. The molecule has 1 aliphatic heterocycles. The number of ether oxygens (including phenoxy) is 1. The maximum absolute atomic E-state index is 12.9. The molecule has 2 rings (SSSR count). The van der Waals surface area contributed by atoms with Crippen molar-refractivity contribution in [2.75, 3.05) is 25.0 Å². The number of nitrogens with one attached hydrogen (secondary N) is 2. The summed E-state index contributed by atoms with van der Waals surface area (Å²) >= 11 is 0. The summed E-state index contributed by atoms with van der Waals surface area (Å²) in [6, 6.07) is 6.07. The van der Waals surface area contributed by atoms with Crippen LogP contribution in [0, 0.1) is 5.82 Å². The van der Waals surface area contributed by atoms with Crippen molar-refractivity contribution in [1.82, 2.24) is 5.32 Å². The average Bonchev–Trinajstić information content (AvgIpc) is 2.46. The van der Waals surface area contributed by atoms with Crippen LogP contribution in [0.1, 0.15) is 25.7 Å². The Bertz CT molecular complexity index is 434. The number of rotatable bonds is 6. The maximum atomic E-state index is 12.9. The molecule has 0 unspecified atom stereocenters. The Balaban J connectivity index is 1.60. The monoisotopic (exact) mass is 280 g/mol. The van der Waals surface area contributed by atoms with Crippen molar-refractivity contribution in [1.29, 1.82) is 0 Å². The lowest BCUT2D eigenvalue weighted by Crippen LogP contribution is -2.33. The van der Waals surface area contributed by atoms with Crippen molar-refractivity contribution in [2.24, 2.45) is 0 Å². The molecule has 0 spiro atoms. The third-order valence-corrected chi connectivity index (χ3v) is 3.34. The molecule has 2 N–H and O–H groups in total. The minimum absolute atomic E-state index is 0.0925. The highest BCUT2D eigenvalue weighted by molar-refractivity contribution is 5.80. The van der Waals surface area contributed by atoms with E-state index in [0.29, 0.717) is 12.2 Å². The second-order valence-corrected chi connectivity index (χ2v) is 4.99. The molecule has 1 saturated heterocycles. The van der Waals surface area contributed by atoms with Gasteiger partial charge in [0.25, 0.3) is 0 Å². The summed E-state index contributed by atoms with van der Waals surface area (Å²) in [6.45, 7) is 1.60. The van der Waals surface area contributed by atoms with Crippen molar-refractivity contribution in [3.05, 3.63) is 30.1 Å². The Morgan fingerprint density at radius 1 is 1.40 bits per heavy atom. The van der Waals surface area contributed by atoms with Gasteiger partial charge in [-0.1, -0.05) is 6.07 Å². The van der Waals surface area contributed by atoms with Crippen molar-refractivity contribution >= 4 is 11.6 Å². The molecular weight excluding hydrogens is 259 g/mol. The Morgan fingerprint density at radius 3 is 3.05 bits per heavy atom. The van der Waals surface area contributed by atoms with Gasteiger partial charge < -0.3 is 15.4 Å². The lowest BCUT2D eigenvalue weighted by atomic mass is 10.1. The molecule has 0 bridgehead atoms. The number of carbonyl (C=O) groups is 1. The summed E-state index contributed by atoms with van der Waals surface area (Å²) < 4.78 is 18.5. The van der Waals surface area contributed by atoms with E-state index in [2.05, 4.69) is 10.6 Å². The molecule has 1 aromatic carbocycles. The van der Waals surface area contributed by atoms with Gasteiger partial charge in [0.1, 0.15) is 5.82 Å². The summed E-state index contributed by atoms with van der Waals surface area (Å²) in [7, 11) is 0. The highest BCUT2D eigenvalue weighted by Gasteiger charge is 2.13. The van der Waals surface area contributed by atoms with Gasteiger partial charge in [-0.2, -0.15) is 0 Å². The van der Waals surface area contributed by atoms with Crippen molar-refractivity contribution in [3.8, 4) is 0 Å². The van der Waals surface area contributed by atoms with Crippen LogP contribution in [-0.4, -0.2) is 31.7 Å². The molecule has 1 amide bonds. The molecule has 20 heavy (non-hydrogen) atoms. The van der Waals surface area contributed by atoms with Crippen LogP contribution in [0.25, 0.3) is 0 Å². The van der Waals surface area contributed by atoms with Crippen LogP contribution < -0.4 is 10.6 Å². The second kappa shape index (κ2) is 7.85. The molecule has 1 heterocycles. The normalized spacial score (nSPS) is 18.6. The first-order valence-electron chi connectivity index (χ1n) is 7.12. The van der Waals surface area contributed by atoms with Crippen LogP contribution in [0.3, 0.4) is 0 Å². The van der Waals surface area contributed by atoms with Gasteiger partial charge in [0.15, 0.2) is 0 Å². The Hall–Kier alpha value is -1.62. The van der Waals surface area contributed by atoms with Crippen molar-refractivity contribution < 1.29 is 13.9 Å². The predicted octanol–water partition coefficient (Wildman–Crippen LogP) is 2.31. The number of carbonyl (C=O) groups excluding carboxylic acids is 1. The Labute approximate surface area is 118 Å². The minimum Gasteiger partial charge on any atom is -0.378 e.